The summed E-state index contributed by atoms with van der Waals surface area (Å²) in [5.41, 5.74) is 1.90. The standard InChI is InChI=1S/C11H11NO3/c1-2-7-8-5-6-12-9(8)3-4-10(7)15-11(13)14/h3-6,12H,2H2,1H3,(H,13,14). The van der Waals surface area contributed by atoms with Crippen molar-refractivity contribution in [1.82, 2.24) is 4.98 Å². The molecule has 2 N–H and O–H groups in total. The largest absolute Gasteiger partial charge is 0.511 e. The molecule has 4 heteroatoms. The maximum absolute atomic E-state index is 10.5. The van der Waals surface area contributed by atoms with E-state index in [9.17, 15) is 4.79 Å². The van der Waals surface area contributed by atoms with Crippen molar-refractivity contribution in [2.45, 2.75) is 13.3 Å². The minimum absolute atomic E-state index is 0.414. The first-order valence-electron chi connectivity index (χ1n) is 4.72. The van der Waals surface area contributed by atoms with Crippen molar-refractivity contribution in [3.63, 3.8) is 0 Å². The Kier molecular flexibility index (Phi) is 2.33. The Morgan fingerprint density at radius 2 is 2.27 bits per heavy atom. The van der Waals surface area contributed by atoms with E-state index in [1.54, 1.807) is 6.07 Å². The summed E-state index contributed by atoms with van der Waals surface area (Å²) in [5.74, 6) is 0.414. The van der Waals surface area contributed by atoms with Crippen LogP contribution in [0.4, 0.5) is 4.79 Å². The molecule has 0 amide bonds. The van der Waals surface area contributed by atoms with E-state index in [2.05, 4.69) is 4.98 Å². The second-order valence-corrected chi connectivity index (χ2v) is 3.20. The molecule has 0 aliphatic heterocycles. The summed E-state index contributed by atoms with van der Waals surface area (Å²) in [6, 6.07) is 5.40. The molecule has 0 saturated carbocycles. The van der Waals surface area contributed by atoms with Crippen molar-refractivity contribution in [3.05, 3.63) is 30.0 Å². The summed E-state index contributed by atoms with van der Waals surface area (Å²) >= 11 is 0. The van der Waals surface area contributed by atoms with Crippen LogP contribution in [0.15, 0.2) is 24.4 Å². The van der Waals surface area contributed by atoms with Gasteiger partial charge in [-0.1, -0.05) is 6.92 Å². The molecular formula is C11H11NO3. The summed E-state index contributed by atoms with van der Waals surface area (Å²) in [6.45, 7) is 1.97. The van der Waals surface area contributed by atoms with E-state index in [0.717, 1.165) is 22.9 Å². The molecule has 0 bridgehead atoms. The highest BCUT2D eigenvalue weighted by Crippen LogP contribution is 2.27. The van der Waals surface area contributed by atoms with Gasteiger partial charge in [-0.25, -0.2) is 4.79 Å². The van der Waals surface area contributed by atoms with Crippen molar-refractivity contribution in [2.24, 2.45) is 0 Å². The number of aryl methyl sites for hydroxylation is 1. The van der Waals surface area contributed by atoms with Crippen LogP contribution in [-0.4, -0.2) is 16.2 Å². The van der Waals surface area contributed by atoms with Gasteiger partial charge in [0, 0.05) is 22.7 Å². The molecule has 0 fully saturated rings. The van der Waals surface area contributed by atoms with Crippen LogP contribution < -0.4 is 4.74 Å². The average molecular weight is 205 g/mol. The van der Waals surface area contributed by atoms with E-state index >= 15 is 0 Å². The van der Waals surface area contributed by atoms with Gasteiger partial charge in [0.1, 0.15) is 5.75 Å². The first-order chi connectivity index (χ1) is 7.22. The smallest absolute Gasteiger partial charge is 0.449 e. The van der Waals surface area contributed by atoms with Gasteiger partial charge < -0.3 is 14.8 Å². The molecule has 0 unspecified atom stereocenters. The van der Waals surface area contributed by atoms with E-state index in [0.29, 0.717) is 5.75 Å². The minimum Gasteiger partial charge on any atom is -0.449 e. The predicted octanol–water partition coefficient (Wildman–Crippen LogP) is 2.79. The molecule has 0 atom stereocenters. The Bertz CT molecular complexity index is 502. The third-order valence-electron chi connectivity index (χ3n) is 2.35. The SMILES string of the molecule is CCc1c(OC(=O)O)ccc2[nH]ccc12. The Morgan fingerprint density at radius 3 is 2.93 bits per heavy atom. The maximum Gasteiger partial charge on any atom is 0.511 e. The number of ether oxygens (including phenoxy) is 1. The summed E-state index contributed by atoms with van der Waals surface area (Å²) in [7, 11) is 0. The van der Waals surface area contributed by atoms with E-state index in [1.165, 1.54) is 0 Å². The van der Waals surface area contributed by atoms with Gasteiger partial charge in [0.05, 0.1) is 0 Å². The average Bonchev–Trinajstić information content (AvgIpc) is 2.64. The van der Waals surface area contributed by atoms with Crippen LogP contribution in [0.2, 0.25) is 0 Å². The lowest BCUT2D eigenvalue weighted by Crippen LogP contribution is -2.05. The third kappa shape index (κ3) is 1.66. The number of aromatic nitrogens is 1. The monoisotopic (exact) mass is 205 g/mol. The van der Waals surface area contributed by atoms with Gasteiger partial charge in [0.2, 0.25) is 0 Å². The van der Waals surface area contributed by atoms with Crippen molar-refractivity contribution in [3.8, 4) is 5.75 Å². The Hall–Kier alpha value is -1.97. The van der Waals surface area contributed by atoms with E-state index in [-0.39, 0.29) is 0 Å². The molecule has 1 heterocycles. The number of hydrogen-bond acceptors (Lipinski definition) is 2. The minimum atomic E-state index is -1.28. The zero-order chi connectivity index (χ0) is 10.8. The zero-order valence-electron chi connectivity index (χ0n) is 8.28. The Morgan fingerprint density at radius 1 is 1.47 bits per heavy atom. The molecule has 0 radical (unpaired) electrons. The highest BCUT2D eigenvalue weighted by atomic mass is 16.7. The molecule has 0 aliphatic carbocycles. The number of carboxylic acid groups (broad SMARTS) is 1. The number of carbonyl (C=O) groups is 1. The fourth-order valence-electron chi connectivity index (χ4n) is 1.73. The van der Waals surface area contributed by atoms with Crippen LogP contribution in [0.3, 0.4) is 0 Å². The summed E-state index contributed by atoms with van der Waals surface area (Å²) < 4.78 is 4.72. The van der Waals surface area contributed by atoms with E-state index in [4.69, 9.17) is 9.84 Å². The van der Waals surface area contributed by atoms with Crippen LogP contribution in [0.5, 0.6) is 5.75 Å². The normalized spacial score (nSPS) is 10.5. The maximum atomic E-state index is 10.5. The molecule has 2 rings (SSSR count). The summed E-state index contributed by atoms with van der Waals surface area (Å²) in [6.07, 6.45) is 1.28. The highest BCUT2D eigenvalue weighted by molar-refractivity contribution is 5.86. The van der Waals surface area contributed by atoms with Crippen molar-refractivity contribution >= 4 is 17.1 Å². The van der Waals surface area contributed by atoms with Crippen LogP contribution in [0.25, 0.3) is 10.9 Å². The first kappa shape index (κ1) is 9.58. The topological polar surface area (TPSA) is 62.3 Å². The third-order valence-corrected chi connectivity index (χ3v) is 2.35. The molecule has 0 saturated heterocycles. The fourth-order valence-corrected chi connectivity index (χ4v) is 1.73. The summed E-state index contributed by atoms with van der Waals surface area (Å²) in [4.78, 5) is 13.6. The number of rotatable bonds is 2. The van der Waals surface area contributed by atoms with Gasteiger partial charge in [-0.05, 0) is 24.6 Å². The molecule has 2 aromatic rings. The van der Waals surface area contributed by atoms with Crippen molar-refractivity contribution < 1.29 is 14.6 Å². The number of benzene rings is 1. The van der Waals surface area contributed by atoms with Crippen LogP contribution in [0.1, 0.15) is 12.5 Å². The lowest BCUT2D eigenvalue weighted by Gasteiger charge is -2.07. The lowest BCUT2D eigenvalue weighted by molar-refractivity contribution is 0.144. The second kappa shape index (κ2) is 3.65. The van der Waals surface area contributed by atoms with Gasteiger partial charge in [-0.15, -0.1) is 0 Å². The number of nitrogens with one attached hydrogen (secondary N) is 1. The molecule has 0 aliphatic rings. The fraction of sp³-hybridized carbons (Fsp3) is 0.182. The van der Waals surface area contributed by atoms with Crippen molar-refractivity contribution in [2.75, 3.05) is 0 Å². The molecule has 1 aromatic heterocycles. The predicted molar refractivity (Wildman–Crippen MR) is 56.3 cm³/mol. The second-order valence-electron chi connectivity index (χ2n) is 3.20. The quantitative estimate of drug-likeness (QED) is 0.585. The number of H-pyrrole nitrogens is 1. The van der Waals surface area contributed by atoms with Gasteiger partial charge in [-0.2, -0.15) is 0 Å². The van der Waals surface area contributed by atoms with Gasteiger partial charge in [0.25, 0.3) is 0 Å². The zero-order valence-corrected chi connectivity index (χ0v) is 8.28. The first-order valence-corrected chi connectivity index (χ1v) is 4.72. The number of fused-ring (bicyclic) bond motifs is 1. The molecular weight excluding hydrogens is 194 g/mol. The molecule has 1 aromatic carbocycles. The summed E-state index contributed by atoms with van der Waals surface area (Å²) in [5, 5.41) is 9.59. The van der Waals surface area contributed by atoms with Crippen molar-refractivity contribution in [1.29, 1.82) is 0 Å². The number of hydrogen-bond donors (Lipinski definition) is 2. The molecule has 0 spiro atoms. The van der Waals surface area contributed by atoms with E-state index < -0.39 is 6.16 Å². The Labute approximate surface area is 86.5 Å². The Balaban J connectivity index is 2.58. The van der Waals surface area contributed by atoms with E-state index in [1.807, 2.05) is 25.3 Å². The molecule has 15 heavy (non-hydrogen) atoms. The highest BCUT2D eigenvalue weighted by Gasteiger charge is 2.10. The van der Waals surface area contributed by atoms with Gasteiger partial charge in [0.15, 0.2) is 0 Å². The van der Waals surface area contributed by atoms with Crippen LogP contribution in [0, 0.1) is 0 Å². The van der Waals surface area contributed by atoms with Crippen LogP contribution in [-0.2, 0) is 6.42 Å². The van der Waals surface area contributed by atoms with Gasteiger partial charge >= 0.3 is 6.16 Å². The molecule has 78 valence electrons. The lowest BCUT2D eigenvalue weighted by atomic mass is 10.1. The van der Waals surface area contributed by atoms with Gasteiger partial charge in [-0.3, -0.25) is 0 Å². The molecule has 4 nitrogen and oxygen atoms in total. The number of aromatic amines is 1. The van der Waals surface area contributed by atoms with Crippen LogP contribution >= 0.6 is 0 Å².